The summed E-state index contributed by atoms with van der Waals surface area (Å²) in [5, 5.41) is 0. The van der Waals surface area contributed by atoms with Crippen LogP contribution in [0.4, 0.5) is 0 Å². The molecule has 0 N–H and O–H groups in total. The highest BCUT2D eigenvalue weighted by Gasteiger charge is 2.35. The summed E-state index contributed by atoms with van der Waals surface area (Å²) in [4.78, 5) is 0. The lowest BCUT2D eigenvalue weighted by atomic mass is 9.95. The van der Waals surface area contributed by atoms with Crippen molar-refractivity contribution < 1.29 is 8.42 Å². The second kappa shape index (κ2) is 5.89. The molecular weight excluding hydrogens is 258 g/mol. The van der Waals surface area contributed by atoms with E-state index in [0.29, 0.717) is 24.1 Å². The molecule has 0 saturated heterocycles. The van der Waals surface area contributed by atoms with Gasteiger partial charge in [0.25, 0.3) is 0 Å². The number of alkyl halides is 1. The van der Waals surface area contributed by atoms with Gasteiger partial charge in [0, 0.05) is 18.5 Å². The molecule has 3 nitrogen and oxygen atoms in total. The molecule has 0 aliphatic heterocycles. The Labute approximate surface area is 110 Å². The molecule has 5 heteroatoms. The third kappa shape index (κ3) is 3.83. The van der Waals surface area contributed by atoms with E-state index in [1.807, 2.05) is 0 Å². The average Bonchev–Trinajstić information content (AvgIpc) is 3.10. The molecule has 0 atom stereocenters. The van der Waals surface area contributed by atoms with Gasteiger partial charge in [-0.05, 0) is 31.6 Å². The highest BCUT2D eigenvalue weighted by Crippen LogP contribution is 2.33. The van der Waals surface area contributed by atoms with Crippen LogP contribution < -0.4 is 0 Å². The van der Waals surface area contributed by atoms with Crippen LogP contribution in [-0.2, 0) is 10.0 Å². The maximum Gasteiger partial charge on any atom is 0.214 e. The second-order valence-electron chi connectivity index (χ2n) is 5.31. The maximum absolute atomic E-state index is 12.3. The summed E-state index contributed by atoms with van der Waals surface area (Å²) in [7, 11) is -3.07. The quantitative estimate of drug-likeness (QED) is 0.701. The van der Waals surface area contributed by atoms with E-state index in [9.17, 15) is 8.42 Å². The molecule has 0 aromatic carbocycles. The monoisotopic (exact) mass is 279 g/mol. The van der Waals surface area contributed by atoms with Gasteiger partial charge in [0.1, 0.15) is 0 Å². The predicted molar refractivity (Wildman–Crippen MR) is 70.8 cm³/mol. The second-order valence-corrected chi connectivity index (χ2v) is 7.66. The predicted octanol–water partition coefficient (Wildman–Crippen LogP) is 2.60. The molecule has 0 amide bonds. The molecule has 2 fully saturated rings. The Morgan fingerprint density at radius 2 is 1.71 bits per heavy atom. The minimum Gasteiger partial charge on any atom is -0.212 e. The fourth-order valence-electron chi connectivity index (χ4n) is 2.68. The largest absolute Gasteiger partial charge is 0.214 e. The summed E-state index contributed by atoms with van der Waals surface area (Å²) < 4.78 is 26.4. The van der Waals surface area contributed by atoms with Crippen LogP contribution in [0.25, 0.3) is 0 Å². The number of rotatable bonds is 6. The van der Waals surface area contributed by atoms with E-state index in [2.05, 4.69) is 0 Å². The Morgan fingerprint density at radius 1 is 1.06 bits per heavy atom. The van der Waals surface area contributed by atoms with Crippen molar-refractivity contribution in [3.8, 4) is 0 Å². The third-order valence-electron chi connectivity index (χ3n) is 3.79. The van der Waals surface area contributed by atoms with Gasteiger partial charge in [0.2, 0.25) is 10.0 Å². The standard InChI is InChI=1S/C12H22ClNO2S/c13-8-9-14(12-4-2-1-3-5-12)17(15,16)10-11-6-7-11/h11-12H,1-10H2. The SMILES string of the molecule is O=S(=O)(CC1CC1)N(CCCl)C1CCCCC1. The summed E-state index contributed by atoms with van der Waals surface area (Å²) in [6.07, 6.45) is 7.75. The van der Waals surface area contributed by atoms with E-state index in [1.165, 1.54) is 6.42 Å². The van der Waals surface area contributed by atoms with Gasteiger partial charge in [0.15, 0.2) is 0 Å². The van der Waals surface area contributed by atoms with Crippen LogP contribution >= 0.6 is 11.6 Å². The van der Waals surface area contributed by atoms with Crippen LogP contribution in [0.1, 0.15) is 44.9 Å². The molecule has 2 aliphatic carbocycles. The topological polar surface area (TPSA) is 37.4 Å². The van der Waals surface area contributed by atoms with Crippen molar-refractivity contribution in [3.63, 3.8) is 0 Å². The lowest BCUT2D eigenvalue weighted by Crippen LogP contribution is -2.44. The van der Waals surface area contributed by atoms with Crippen molar-refractivity contribution in [3.05, 3.63) is 0 Å². The molecule has 2 saturated carbocycles. The van der Waals surface area contributed by atoms with E-state index in [-0.39, 0.29) is 6.04 Å². The van der Waals surface area contributed by atoms with E-state index < -0.39 is 10.0 Å². The van der Waals surface area contributed by atoms with Crippen LogP contribution in [0.15, 0.2) is 0 Å². The molecule has 17 heavy (non-hydrogen) atoms. The summed E-state index contributed by atoms with van der Waals surface area (Å²) in [5.74, 6) is 1.17. The van der Waals surface area contributed by atoms with Crippen LogP contribution in [0, 0.1) is 5.92 Å². The number of hydrogen-bond acceptors (Lipinski definition) is 2. The smallest absolute Gasteiger partial charge is 0.212 e. The van der Waals surface area contributed by atoms with E-state index >= 15 is 0 Å². The first-order chi connectivity index (χ1) is 8.13. The van der Waals surface area contributed by atoms with Crippen molar-refractivity contribution >= 4 is 21.6 Å². The fraction of sp³-hybridized carbons (Fsp3) is 1.00. The molecule has 0 unspecified atom stereocenters. The molecule has 2 aliphatic rings. The van der Waals surface area contributed by atoms with Gasteiger partial charge >= 0.3 is 0 Å². The van der Waals surface area contributed by atoms with Crippen LogP contribution in [0.5, 0.6) is 0 Å². The lowest BCUT2D eigenvalue weighted by Gasteiger charge is -2.33. The van der Waals surface area contributed by atoms with Crippen LogP contribution in [0.3, 0.4) is 0 Å². The van der Waals surface area contributed by atoms with Gasteiger partial charge < -0.3 is 0 Å². The minimum absolute atomic E-state index is 0.214. The zero-order valence-corrected chi connectivity index (χ0v) is 11.8. The zero-order chi connectivity index (χ0) is 12.3. The maximum atomic E-state index is 12.3. The fourth-order valence-corrected chi connectivity index (χ4v) is 5.12. The van der Waals surface area contributed by atoms with Gasteiger partial charge in [0.05, 0.1) is 5.75 Å². The first-order valence-corrected chi connectivity index (χ1v) is 8.83. The van der Waals surface area contributed by atoms with Gasteiger partial charge in [-0.15, -0.1) is 11.6 Å². The first-order valence-electron chi connectivity index (χ1n) is 6.69. The van der Waals surface area contributed by atoms with E-state index in [1.54, 1.807) is 4.31 Å². The third-order valence-corrected chi connectivity index (χ3v) is 6.04. The molecule has 0 bridgehead atoms. The van der Waals surface area contributed by atoms with Crippen LogP contribution in [0.2, 0.25) is 0 Å². The van der Waals surface area contributed by atoms with Crippen LogP contribution in [-0.4, -0.2) is 36.9 Å². The van der Waals surface area contributed by atoms with Crippen molar-refractivity contribution in [1.29, 1.82) is 0 Å². The Bertz CT molecular complexity index is 334. The molecular formula is C12H22ClNO2S. The first kappa shape index (κ1) is 13.6. The molecule has 0 aromatic rings. The van der Waals surface area contributed by atoms with Crippen molar-refractivity contribution in [1.82, 2.24) is 4.31 Å². The molecule has 0 heterocycles. The Morgan fingerprint density at radius 3 is 2.24 bits per heavy atom. The van der Waals surface area contributed by atoms with Gasteiger partial charge in [-0.1, -0.05) is 19.3 Å². The number of sulfonamides is 1. The average molecular weight is 280 g/mol. The van der Waals surface area contributed by atoms with Crippen molar-refractivity contribution in [2.75, 3.05) is 18.2 Å². The Hall–Kier alpha value is 0.200. The molecule has 2 rings (SSSR count). The van der Waals surface area contributed by atoms with Crippen molar-refractivity contribution in [2.24, 2.45) is 5.92 Å². The molecule has 0 aromatic heterocycles. The number of nitrogens with zero attached hydrogens (tertiary/aromatic N) is 1. The molecule has 0 spiro atoms. The van der Waals surface area contributed by atoms with Gasteiger partial charge in [-0.25, -0.2) is 8.42 Å². The lowest BCUT2D eigenvalue weighted by molar-refractivity contribution is 0.262. The molecule has 100 valence electrons. The number of hydrogen-bond donors (Lipinski definition) is 0. The van der Waals surface area contributed by atoms with Crippen molar-refractivity contribution in [2.45, 2.75) is 51.0 Å². The summed E-state index contributed by atoms with van der Waals surface area (Å²) in [5.41, 5.74) is 0. The zero-order valence-electron chi connectivity index (χ0n) is 10.3. The Kier molecular flexibility index (Phi) is 4.72. The summed E-state index contributed by atoms with van der Waals surface area (Å²) >= 11 is 5.77. The van der Waals surface area contributed by atoms with E-state index in [4.69, 9.17) is 11.6 Å². The van der Waals surface area contributed by atoms with Gasteiger partial charge in [-0.3, -0.25) is 0 Å². The Balaban J connectivity index is 2.03. The normalized spacial score (nSPS) is 23.2. The minimum atomic E-state index is -3.07. The number of halogens is 1. The summed E-state index contributed by atoms with van der Waals surface area (Å²) in [6, 6.07) is 0.214. The summed E-state index contributed by atoms with van der Waals surface area (Å²) in [6.45, 7) is 0.487. The van der Waals surface area contributed by atoms with E-state index in [0.717, 1.165) is 38.5 Å². The highest BCUT2D eigenvalue weighted by molar-refractivity contribution is 7.89. The van der Waals surface area contributed by atoms with Gasteiger partial charge in [-0.2, -0.15) is 4.31 Å². The highest BCUT2D eigenvalue weighted by atomic mass is 35.5. The molecule has 0 radical (unpaired) electrons.